The number of ether oxygens (including phenoxy) is 2. The largest absolute Gasteiger partial charge is 0.469 e. The van der Waals surface area contributed by atoms with Crippen LogP contribution in [0.15, 0.2) is 23.2 Å². The van der Waals surface area contributed by atoms with Crippen LogP contribution >= 0.6 is 23.2 Å². The van der Waals surface area contributed by atoms with Gasteiger partial charge in [0.1, 0.15) is 0 Å². The van der Waals surface area contributed by atoms with Crippen molar-refractivity contribution in [3.63, 3.8) is 0 Å². The molecule has 0 unspecified atom stereocenters. The van der Waals surface area contributed by atoms with E-state index in [0.717, 1.165) is 50.3 Å². The van der Waals surface area contributed by atoms with Gasteiger partial charge in [-0.05, 0) is 43.4 Å². The number of esters is 1. The first-order chi connectivity index (χ1) is 14.0. The molecule has 2 saturated heterocycles. The van der Waals surface area contributed by atoms with E-state index < -0.39 is 0 Å². The first-order valence-corrected chi connectivity index (χ1v) is 10.8. The maximum atomic E-state index is 11.8. The number of halogens is 2. The molecule has 0 aromatic heterocycles. The highest BCUT2D eigenvalue weighted by Crippen LogP contribution is 2.39. The van der Waals surface area contributed by atoms with Gasteiger partial charge in [-0.2, -0.15) is 0 Å². The summed E-state index contributed by atoms with van der Waals surface area (Å²) in [6.07, 6.45) is 3.30. The van der Waals surface area contributed by atoms with Crippen molar-refractivity contribution in [2.75, 3.05) is 47.0 Å². The first-order valence-electron chi connectivity index (χ1n) is 10.1. The summed E-state index contributed by atoms with van der Waals surface area (Å²) >= 11 is 12.7. The number of nitrogens with one attached hydrogen (secondary N) is 1. The summed E-state index contributed by atoms with van der Waals surface area (Å²) in [6.45, 7) is 3.66. The molecule has 0 saturated carbocycles. The summed E-state index contributed by atoms with van der Waals surface area (Å²) in [5.74, 6) is 0.708. The third-order valence-electron chi connectivity index (χ3n) is 6.08. The molecule has 29 heavy (non-hydrogen) atoms. The number of hydrogen-bond donors (Lipinski definition) is 1. The highest BCUT2D eigenvalue weighted by Gasteiger charge is 2.37. The average Bonchev–Trinajstić information content (AvgIpc) is 2.74. The predicted octanol–water partition coefficient (Wildman–Crippen LogP) is 3.50. The van der Waals surface area contributed by atoms with Gasteiger partial charge in [-0.1, -0.05) is 29.3 Å². The lowest BCUT2D eigenvalue weighted by Gasteiger charge is -2.40. The Kier molecular flexibility index (Phi) is 7.66. The second-order valence-corrected chi connectivity index (χ2v) is 8.55. The van der Waals surface area contributed by atoms with Crippen molar-refractivity contribution in [3.05, 3.63) is 33.8 Å². The lowest BCUT2D eigenvalue weighted by molar-refractivity contribution is -0.146. The van der Waals surface area contributed by atoms with Gasteiger partial charge < -0.3 is 19.7 Å². The van der Waals surface area contributed by atoms with E-state index in [0.29, 0.717) is 29.8 Å². The highest BCUT2D eigenvalue weighted by atomic mass is 35.5. The van der Waals surface area contributed by atoms with Crippen LogP contribution in [-0.2, 0) is 19.7 Å². The maximum Gasteiger partial charge on any atom is 0.308 e. The van der Waals surface area contributed by atoms with Crippen molar-refractivity contribution in [2.45, 2.75) is 31.1 Å². The van der Waals surface area contributed by atoms with E-state index in [1.165, 1.54) is 7.11 Å². The monoisotopic (exact) mass is 441 g/mol. The Hall–Kier alpha value is -1.50. The van der Waals surface area contributed by atoms with E-state index in [4.69, 9.17) is 32.7 Å². The van der Waals surface area contributed by atoms with Gasteiger partial charge in [0, 0.05) is 55.4 Å². The van der Waals surface area contributed by atoms with Gasteiger partial charge in [0.15, 0.2) is 5.96 Å². The molecule has 1 aromatic carbocycles. The van der Waals surface area contributed by atoms with E-state index in [1.54, 1.807) is 7.05 Å². The molecular formula is C21H29Cl2N3O3. The number of carbonyl (C=O) groups is 1. The van der Waals surface area contributed by atoms with E-state index in [1.807, 2.05) is 18.2 Å². The van der Waals surface area contributed by atoms with Gasteiger partial charge >= 0.3 is 5.97 Å². The fraction of sp³-hybridized carbons (Fsp3) is 0.619. The molecule has 0 radical (unpaired) electrons. The van der Waals surface area contributed by atoms with Crippen LogP contribution in [0.2, 0.25) is 10.0 Å². The molecule has 0 atom stereocenters. The lowest BCUT2D eigenvalue weighted by atomic mass is 9.74. The van der Waals surface area contributed by atoms with E-state index in [-0.39, 0.29) is 17.3 Å². The zero-order chi connectivity index (χ0) is 20.9. The summed E-state index contributed by atoms with van der Waals surface area (Å²) in [7, 11) is 3.24. The van der Waals surface area contributed by atoms with Crippen LogP contribution in [0.4, 0.5) is 0 Å². The number of rotatable bonds is 4. The summed E-state index contributed by atoms with van der Waals surface area (Å²) in [5.41, 5.74) is 0.958. The Labute approximate surface area is 182 Å². The average molecular weight is 442 g/mol. The first kappa shape index (κ1) is 22.2. The van der Waals surface area contributed by atoms with Crippen molar-refractivity contribution >= 4 is 35.1 Å². The molecule has 6 nitrogen and oxygen atoms in total. The standard InChI is InChI=1S/C21H29Cl2N3O3/c1-24-20(26-9-5-15(6-10-26)19(27)28-2)25-14-21(7-11-29-12-8-21)17-4-3-16(22)13-18(17)23/h3-4,13,15H,5-12,14H2,1-2H3,(H,24,25). The quantitative estimate of drug-likeness (QED) is 0.440. The van der Waals surface area contributed by atoms with Crippen LogP contribution in [0, 0.1) is 5.92 Å². The molecule has 0 spiro atoms. The number of likely N-dealkylation sites (tertiary alicyclic amines) is 1. The van der Waals surface area contributed by atoms with E-state index >= 15 is 0 Å². The third-order valence-corrected chi connectivity index (χ3v) is 6.63. The summed E-state index contributed by atoms with van der Waals surface area (Å²) in [6, 6.07) is 5.73. The lowest BCUT2D eigenvalue weighted by Crippen LogP contribution is -2.51. The van der Waals surface area contributed by atoms with Crippen molar-refractivity contribution in [1.82, 2.24) is 10.2 Å². The highest BCUT2D eigenvalue weighted by molar-refractivity contribution is 6.35. The number of nitrogens with zero attached hydrogens (tertiary/aromatic N) is 2. The fourth-order valence-electron chi connectivity index (χ4n) is 4.30. The van der Waals surface area contributed by atoms with Gasteiger partial charge in [-0.25, -0.2) is 0 Å². The molecule has 3 rings (SSSR count). The number of methoxy groups -OCH3 is 1. The molecule has 1 aromatic rings. The Bertz CT molecular complexity index is 743. The van der Waals surface area contributed by atoms with Crippen LogP contribution in [0.3, 0.4) is 0 Å². The van der Waals surface area contributed by atoms with Gasteiger partial charge in [0.05, 0.1) is 13.0 Å². The van der Waals surface area contributed by atoms with Crippen LogP contribution in [0.1, 0.15) is 31.2 Å². The van der Waals surface area contributed by atoms with E-state index in [9.17, 15) is 4.79 Å². The van der Waals surface area contributed by atoms with Crippen LogP contribution in [0.5, 0.6) is 0 Å². The van der Waals surface area contributed by atoms with Crippen molar-refractivity contribution in [2.24, 2.45) is 10.9 Å². The zero-order valence-corrected chi connectivity index (χ0v) is 18.6. The molecule has 0 aliphatic carbocycles. The van der Waals surface area contributed by atoms with Gasteiger partial charge in [-0.15, -0.1) is 0 Å². The minimum absolute atomic E-state index is 0.0240. The molecule has 2 heterocycles. The second-order valence-electron chi connectivity index (χ2n) is 7.70. The molecule has 2 aliphatic heterocycles. The Morgan fingerprint density at radius 2 is 2.00 bits per heavy atom. The topological polar surface area (TPSA) is 63.2 Å². The molecule has 160 valence electrons. The smallest absolute Gasteiger partial charge is 0.308 e. The number of guanidine groups is 1. The summed E-state index contributed by atoms with van der Waals surface area (Å²) < 4.78 is 10.5. The number of carbonyl (C=O) groups excluding carboxylic acids is 1. The summed E-state index contributed by atoms with van der Waals surface area (Å²) in [5, 5.41) is 4.89. The van der Waals surface area contributed by atoms with Crippen molar-refractivity contribution in [1.29, 1.82) is 0 Å². The Morgan fingerprint density at radius 1 is 1.31 bits per heavy atom. The number of benzene rings is 1. The number of hydrogen-bond acceptors (Lipinski definition) is 4. The zero-order valence-electron chi connectivity index (χ0n) is 17.0. The fourth-order valence-corrected chi connectivity index (χ4v) is 4.91. The molecule has 2 aliphatic rings. The maximum absolute atomic E-state index is 11.8. The van der Waals surface area contributed by atoms with Gasteiger partial charge in [-0.3, -0.25) is 9.79 Å². The molecule has 2 fully saturated rings. The second kappa shape index (κ2) is 10.0. The normalized spacial score (nSPS) is 20.4. The molecular weight excluding hydrogens is 413 g/mol. The molecule has 0 bridgehead atoms. The van der Waals surface area contributed by atoms with Crippen molar-refractivity contribution < 1.29 is 14.3 Å². The van der Waals surface area contributed by atoms with Crippen LogP contribution in [0.25, 0.3) is 0 Å². The number of aliphatic imine (C=N–C) groups is 1. The molecule has 0 amide bonds. The van der Waals surface area contributed by atoms with Gasteiger partial charge in [0.2, 0.25) is 0 Å². The minimum atomic E-state index is -0.139. The van der Waals surface area contributed by atoms with Gasteiger partial charge in [0.25, 0.3) is 0 Å². The Balaban J connectivity index is 1.70. The Morgan fingerprint density at radius 3 is 2.59 bits per heavy atom. The molecule has 8 heteroatoms. The van der Waals surface area contributed by atoms with E-state index in [2.05, 4.69) is 15.2 Å². The van der Waals surface area contributed by atoms with Crippen LogP contribution < -0.4 is 5.32 Å². The number of piperidine rings is 1. The van der Waals surface area contributed by atoms with Crippen LogP contribution in [-0.4, -0.2) is 63.8 Å². The summed E-state index contributed by atoms with van der Waals surface area (Å²) in [4.78, 5) is 18.5. The minimum Gasteiger partial charge on any atom is -0.469 e. The molecule has 1 N–H and O–H groups in total. The SMILES string of the molecule is CN=C(NCC1(c2ccc(Cl)cc2Cl)CCOCC1)N1CCC(C(=O)OC)CC1. The predicted molar refractivity (Wildman–Crippen MR) is 116 cm³/mol. The third kappa shape index (κ3) is 5.16. The van der Waals surface area contributed by atoms with Crippen molar-refractivity contribution in [3.8, 4) is 0 Å².